The number of hydrogen-bond donors (Lipinski definition) is 2. The van der Waals surface area contributed by atoms with Crippen molar-refractivity contribution in [3.05, 3.63) is 24.1 Å². The molecule has 8 heteroatoms. The zero-order chi connectivity index (χ0) is 13.3. The molecule has 0 saturated carbocycles. The Morgan fingerprint density at radius 2 is 2.12 bits per heavy atom. The van der Waals surface area contributed by atoms with Gasteiger partial charge >= 0.3 is 0 Å². The number of pyridine rings is 1. The Morgan fingerprint density at radius 1 is 1.53 bits per heavy atom. The minimum absolute atomic E-state index is 0.769. The molecule has 94 valence electrons. The lowest BCUT2D eigenvalue weighted by Crippen LogP contribution is -2.53. The van der Waals surface area contributed by atoms with Crippen molar-refractivity contribution >= 4 is 15.9 Å². The van der Waals surface area contributed by atoms with Gasteiger partial charge in [-0.3, -0.25) is 4.79 Å². The fraction of sp³-hybridized carbons (Fsp3) is 0.333. The average Bonchev–Trinajstić information content (AvgIpc) is 2.16. The molecule has 0 bridgehead atoms. The Labute approximate surface area is 98.1 Å². The van der Waals surface area contributed by atoms with Crippen molar-refractivity contribution in [1.82, 2.24) is 9.71 Å². The number of primary amides is 1. The summed E-state index contributed by atoms with van der Waals surface area (Å²) in [6.07, 6.45) is 1.13. The maximum Gasteiger partial charge on any atom is 0.261 e. The number of nitrogens with two attached hydrogens (primary N) is 1. The van der Waals surface area contributed by atoms with Gasteiger partial charge in [0.15, 0.2) is 5.82 Å². The van der Waals surface area contributed by atoms with Crippen LogP contribution in [0, 0.1) is 5.82 Å². The Hall–Kier alpha value is -1.54. The minimum Gasteiger partial charge on any atom is -0.368 e. The second-order valence-corrected chi connectivity index (χ2v) is 5.48. The molecule has 1 rings (SSSR count). The van der Waals surface area contributed by atoms with Crippen molar-refractivity contribution in [2.75, 3.05) is 0 Å². The van der Waals surface area contributed by atoms with Crippen LogP contribution in [0.4, 0.5) is 4.39 Å². The quantitative estimate of drug-likeness (QED) is 0.781. The topological polar surface area (TPSA) is 102 Å². The highest BCUT2D eigenvalue weighted by molar-refractivity contribution is 7.89. The van der Waals surface area contributed by atoms with Crippen molar-refractivity contribution < 1.29 is 17.6 Å². The monoisotopic (exact) mass is 261 g/mol. The van der Waals surface area contributed by atoms with E-state index in [1.165, 1.54) is 19.9 Å². The van der Waals surface area contributed by atoms with Gasteiger partial charge in [-0.15, -0.1) is 0 Å². The maximum absolute atomic E-state index is 13.3. The van der Waals surface area contributed by atoms with E-state index in [1.54, 1.807) is 0 Å². The molecule has 1 heterocycles. The van der Waals surface area contributed by atoms with Crippen LogP contribution in [0.2, 0.25) is 0 Å². The summed E-state index contributed by atoms with van der Waals surface area (Å²) < 4.78 is 38.8. The predicted molar refractivity (Wildman–Crippen MR) is 57.8 cm³/mol. The van der Waals surface area contributed by atoms with E-state index in [4.69, 9.17) is 5.73 Å². The van der Waals surface area contributed by atoms with E-state index in [0.717, 1.165) is 12.3 Å². The van der Waals surface area contributed by atoms with Crippen LogP contribution in [-0.4, -0.2) is 24.8 Å². The summed E-state index contributed by atoms with van der Waals surface area (Å²) in [7, 11) is -4.23. The van der Waals surface area contributed by atoms with E-state index in [9.17, 15) is 17.6 Å². The van der Waals surface area contributed by atoms with Crippen LogP contribution < -0.4 is 10.5 Å². The molecule has 1 aromatic heterocycles. The lowest BCUT2D eigenvalue weighted by atomic mass is 10.1. The van der Waals surface area contributed by atoms with Gasteiger partial charge in [-0.05, 0) is 26.0 Å². The lowest BCUT2D eigenvalue weighted by molar-refractivity contribution is -0.122. The van der Waals surface area contributed by atoms with Crippen LogP contribution in [0.3, 0.4) is 0 Å². The first kappa shape index (κ1) is 13.5. The molecule has 17 heavy (non-hydrogen) atoms. The summed E-state index contributed by atoms with van der Waals surface area (Å²) in [6.45, 7) is 2.54. The summed E-state index contributed by atoms with van der Waals surface area (Å²) >= 11 is 0. The summed E-state index contributed by atoms with van der Waals surface area (Å²) in [5, 5.41) is -0.769. The van der Waals surface area contributed by atoms with E-state index in [2.05, 4.69) is 4.98 Å². The third kappa shape index (κ3) is 2.98. The molecule has 0 atom stereocenters. The number of halogens is 1. The van der Waals surface area contributed by atoms with Crippen molar-refractivity contribution in [3.8, 4) is 0 Å². The zero-order valence-corrected chi connectivity index (χ0v) is 10.1. The average molecular weight is 261 g/mol. The van der Waals surface area contributed by atoms with Crippen LogP contribution in [0.15, 0.2) is 23.4 Å². The molecule has 1 aromatic rings. The number of sulfonamides is 1. The highest BCUT2D eigenvalue weighted by Gasteiger charge is 2.33. The third-order valence-electron chi connectivity index (χ3n) is 1.98. The van der Waals surface area contributed by atoms with E-state index in [-0.39, 0.29) is 0 Å². The molecule has 6 nitrogen and oxygen atoms in total. The molecule has 0 aliphatic carbocycles. The summed E-state index contributed by atoms with van der Waals surface area (Å²) in [4.78, 5) is 14.4. The Morgan fingerprint density at radius 3 is 2.59 bits per heavy atom. The van der Waals surface area contributed by atoms with Crippen molar-refractivity contribution in [2.45, 2.75) is 24.4 Å². The van der Waals surface area contributed by atoms with Gasteiger partial charge in [0.2, 0.25) is 10.9 Å². The van der Waals surface area contributed by atoms with Crippen LogP contribution in [-0.2, 0) is 14.8 Å². The Balaban J connectivity index is 3.15. The molecule has 0 aliphatic heterocycles. The van der Waals surface area contributed by atoms with E-state index in [1.807, 2.05) is 4.72 Å². The molecular formula is C9H12FN3O3S. The standard InChI is InChI=1S/C9H12FN3O3S/c1-9(2,8(11)14)13-17(15,16)7-6(10)4-3-5-12-7/h3-5,13H,1-2H3,(H2,11,14). The van der Waals surface area contributed by atoms with E-state index >= 15 is 0 Å². The minimum atomic E-state index is -4.23. The number of carbonyl (C=O) groups is 1. The first-order valence-electron chi connectivity index (χ1n) is 4.61. The molecule has 3 N–H and O–H groups in total. The van der Waals surface area contributed by atoms with Crippen LogP contribution in [0.25, 0.3) is 0 Å². The van der Waals surface area contributed by atoms with Gasteiger partial charge in [0.05, 0.1) is 0 Å². The number of nitrogens with zero attached hydrogens (tertiary/aromatic N) is 1. The van der Waals surface area contributed by atoms with Crippen molar-refractivity contribution in [1.29, 1.82) is 0 Å². The van der Waals surface area contributed by atoms with Gasteiger partial charge in [0, 0.05) is 6.20 Å². The number of amides is 1. The first-order valence-corrected chi connectivity index (χ1v) is 6.09. The van der Waals surface area contributed by atoms with Crippen molar-refractivity contribution in [3.63, 3.8) is 0 Å². The fourth-order valence-electron chi connectivity index (χ4n) is 1.00. The van der Waals surface area contributed by atoms with Crippen LogP contribution in [0.5, 0.6) is 0 Å². The summed E-state index contributed by atoms with van der Waals surface area (Å²) in [5.41, 5.74) is 3.49. The summed E-state index contributed by atoms with van der Waals surface area (Å²) in [5.74, 6) is -1.88. The van der Waals surface area contributed by atoms with Crippen molar-refractivity contribution in [2.24, 2.45) is 5.73 Å². The molecule has 0 spiro atoms. The largest absolute Gasteiger partial charge is 0.368 e. The zero-order valence-electron chi connectivity index (χ0n) is 9.27. The van der Waals surface area contributed by atoms with Gasteiger partial charge in [-0.25, -0.2) is 17.8 Å². The Kier molecular flexibility index (Phi) is 3.48. The van der Waals surface area contributed by atoms with Gasteiger partial charge in [-0.2, -0.15) is 4.72 Å². The molecular weight excluding hydrogens is 249 g/mol. The smallest absolute Gasteiger partial charge is 0.261 e. The van der Waals surface area contributed by atoms with E-state index < -0.39 is 32.3 Å². The number of carbonyl (C=O) groups excluding carboxylic acids is 1. The van der Waals surface area contributed by atoms with E-state index in [0.29, 0.717) is 0 Å². The SMILES string of the molecule is CC(C)(NS(=O)(=O)c1ncccc1F)C(N)=O. The predicted octanol–water partition coefficient (Wildman–Crippen LogP) is -0.237. The van der Waals surface area contributed by atoms with Gasteiger partial charge < -0.3 is 5.73 Å². The van der Waals surface area contributed by atoms with Crippen LogP contribution >= 0.6 is 0 Å². The van der Waals surface area contributed by atoms with Gasteiger partial charge in [0.1, 0.15) is 5.54 Å². The molecule has 0 saturated heterocycles. The first-order chi connectivity index (χ1) is 7.67. The highest BCUT2D eigenvalue weighted by atomic mass is 32.2. The molecule has 0 fully saturated rings. The number of hydrogen-bond acceptors (Lipinski definition) is 4. The second-order valence-electron chi connectivity index (χ2n) is 3.89. The Bertz CT molecular complexity index is 542. The highest BCUT2D eigenvalue weighted by Crippen LogP contribution is 2.13. The number of rotatable bonds is 4. The molecule has 0 radical (unpaired) electrons. The normalized spacial score (nSPS) is 12.4. The van der Waals surface area contributed by atoms with Crippen LogP contribution in [0.1, 0.15) is 13.8 Å². The second kappa shape index (κ2) is 4.38. The molecule has 0 aliphatic rings. The van der Waals surface area contributed by atoms with Gasteiger partial charge in [0.25, 0.3) is 10.0 Å². The molecule has 1 amide bonds. The fourth-order valence-corrected chi connectivity index (χ4v) is 2.40. The lowest BCUT2D eigenvalue weighted by Gasteiger charge is -2.21. The van der Waals surface area contributed by atoms with Gasteiger partial charge in [-0.1, -0.05) is 0 Å². The number of aromatic nitrogens is 1. The molecule has 0 unspecified atom stereocenters. The number of nitrogens with one attached hydrogen (secondary N) is 1. The summed E-state index contributed by atoms with van der Waals surface area (Å²) in [6, 6.07) is 2.21. The third-order valence-corrected chi connectivity index (χ3v) is 3.57. The molecule has 0 aromatic carbocycles. The maximum atomic E-state index is 13.3.